The Morgan fingerprint density at radius 3 is 2.63 bits per heavy atom. The number of ketones is 1. The molecule has 3 saturated carbocycles. The van der Waals surface area contributed by atoms with Crippen LogP contribution in [0.4, 0.5) is 8.78 Å². The molecule has 1 aliphatic heterocycles. The van der Waals surface area contributed by atoms with E-state index in [0.717, 1.165) is 17.3 Å². The van der Waals surface area contributed by atoms with Crippen molar-refractivity contribution in [2.24, 2.45) is 28.6 Å². The van der Waals surface area contributed by atoms with Gasteiger partial charge in [-0.3, -0.25) is 14.4 Å². The fourth-order valence-electron chi connectivity index (χ4n) is 8.70. The number of nitrogens with zero attached hydrogens (tertiary/aromatic N) is 1. The lowest BCUT2D eigenvalue weighted by Gasteiger charge is -2.63. The van der Waals surface area contributed by atoms with Crippen LogP contribution >= 0.6 is 23.4 Å². The van der Waals surface area contributed by atoms with E-state index in [1.807, 2.05) is 19.1 Å². The Balaban J connectivity index is 1.39. The highest BCUT2D eigenvalue weighted by Gasteiger charge is 2.79. The van der Waals surface area contributed by atoms with Crippen LogP contribution in [0.1, 0.15) is 38.7 Å². The molecule has 5 aliphatic rings. The molecule has 0 radical (unpaired) electrons. The summed E-state index contributed by atoms with van der Waals surface area (Å²) in [5, 5.41) is 13.9. The van der Waals surface area contributed by atoms with Gasteiger partial charge in [0, 0.05) is 40.8 Å². The predicted octanol–water partition coefficient (Wildman–Crippen LogP) is 5.26. The van der Waals surface area contributed by atoms with Crippen LogP contribution in [0.3, 0.4) is 0 Å². The average molecular weight is 564 g/mol. The number of aliphatic hydroxyl groups excluding tert-OH is 1. The second kappa shape index (κ2) is 8.71. The number of halogens is 3. The molecule has 4 fully saturated rings. The number of carbonyl (C=O) groups is 2. The lowest BCUT2D eigenvalue weighted by molar-refractivity contribution is -0.266. The molecule has 0 bridgehead atoms. The van der Waals surface area contributed by atoms with Crippen molar-refractivity contribution in [3.05, 3.63) is 58.7 Å². The summed E-state index contributed by atoms with van der Waals surface area (Å²) in [6.45, 7) is 4.43. The van der Waals surface area contributed by atoms with Crippen LogP contribution in [-0.2, 0) is 21.0 Å². The fourth-order valence-corrected chi connectivity index (χ4v) is 9.57. The standard InChI is InChI=1S/C29H32ClF2NO4S/c1-26-9-8-19(34)11-22(26)23(31)12-21-20-10-17-15-33(14-16-4-6-18(30)7-5-16)37-29(17,25(36)38-3)27(20,2)13-24(35)28(21,26)32/h4-9,11,17,20-21,23-24,35H,10,12-15H2,1-3H3/t17-,20-,21-,23-,24-,26-,27-,28-,29-/m0/s1. The number of rotatable bonds is 3. The number of hydrogen-bond acceptors (Lipinski definition) is 6. The molecule has 6 rings (SSSR count). The normalized spacial score (nSPS) is 45.7. The van der Waals surface area contributed by atoms with Gasteiger partial charge in [0.05, 0.1) is 6.10 Å². The van der Waals surface area contributed by atoms with E-state index in [-0.39, 0.29) is 41.1 Å². The summed E-state index contributed by atoms with van der Waals surface area (Å²) >= 11 is 7.12. The zero-order chi connectivity index (χ0) is 27.3. The number of benzene rings is 1. The molecule has 1 aromatic rings. The maximum absolute atomic E-state index is 17.4. The summed E-state index contributed by atoms with van der Waals surface area (Å²) in [6.07, 6.45) is 3.02. The molecular weight excluding hydrogens is 532 g/mol. The molecule has 0 aromatic heterocycles. The van der Waals surface area contributed by atoms with Gasteiger partial charge in [0.25, 0.3) is 0 Å². The van der Waals surface area contributed by atoms with E-state index in [4.69, 9.17) is 16.4 Å². The van der Waals surface area contributed by atoms with Crippen LogP contribution in [0.5, 0.6) is 0 Å². The van der Waals surface area contributed by atoms with Crippen molar-refractivity contribution in [1.29, 1.82) is 0 Å². The van der Waals surface area contributed by atoms with Crippen LogP contribution in [0.15, 0.2) is 48.1 Å². The van der Waals surface area contributed by atoms with E-state index in [9.17, 15) is 14.7 Å². The first-order chi connectivity index (χ1) is 17.9. The van der Waals surface area contributed by atoms with Gasteiger partial charge in [0.15, 0.2) is 17.1 Å². The number of thioether (sulfide) groups is 1. The van der Waals surface area contributed by atoms with Gasteiger partial charge in [-0.1, -0.05) is 48.5 Å². The molecule has 1 saturated heterocycles. The van der Waals surface area contributed by atoms with Gasteiger partial charge in [-0.15, -0.1) is 0 Å². The quantitative estimate of drug-likeness (QED) is 0.541. The van der Waals surface area contributed by atoms with Gasteiger partial charge in [0.2, 0.25) is 5.12 Å². The Kier molecular flexibility index (Phi) is 6.10. The van der Waals surface area contributed by atoms with E-state index in [1.54, 1.807) is 30.4 Å². The number of carbonyl (C=O) groups excluding carboxylic acids is 2. The van der Waals surface area contributed by atoms with Crippen molar-refractivity contribution >= 4 is 34.3 Å². The van der Waals surface area contributed by atoms with Crippen molar-refractivity contribution in [2.45, 2.75) is 63.2 Å². The van der Waals surface area contributed by atoms with Gasteiger partial charge in [-0.25, -0.2) is 8.78 Å². The Hall–Kier alpha value is -1.58. The molecule has 1 N–H and O–H groups in total. The van der Waals surface area contributed by atoms with Crippen molar-refractivity contribution < 1.29 is 28.3 Å². The SMILES string of the molecule is CSC(=O)[C@@]12ON(Cc3ccc(Cl)cc3)C[C@@H]1C[C@H]1[C@@H]3C[C@H](F)C4=CC(=O)C=C[C@]4(C)[C@@]3(F)[C@@H](O)C[C@@]12C. The average Bonchev–Trinajstić information content (AvgIpc) is 3.35. The van der Waals surface area contributed by atoms with Gasteiger partial charge in [0.1, 0.15) is 6.17 Å². The molecular formula is C29H32ClF2NO4S. The number of hydrogen-bond donors (Lipinski definition) is 1. The van der Waals surface area contributed by atoms with E-state index in [1.165, 1.54) is 18.2 Å². The Morgan fingerprint density at radius 2 is 1.95 bits per heavy atom. The Labute approximate surface area is 230 Å². The van der Waals surface area contributed by atoms with Gasteiger partial charge >= 0.3 is 0 Å². The van der Waals surface area contributed by atoms with Crippen molar-refractivity contribution in [2.75, 3.05) is 12.8 Å². The van der Waals surface area contributed by atoms with Crippen LogP contribution in [0.25, 0.3) is 0 Å². The minimum Gasteiger partial charge on any atom is -0.390 e. The lowest BCUT2D eigenvalue weighted by Crippen LogP contribution is -2.70. The summed E-state index contributed by atoms with van der Waals surface area (Å²) in [4.78, 5) is 32.4. The fraction of sp³-hybridized carbons (Fsp3) is 0.586. The minimum absolute atomic E-state index is 0.00383. The Bertz CT molecular complexity index is 1260. The zero-order valence-corrected chi connectivity index (χ0v) is 23.2. The van der Waals surface area contributed by atoms with E-state index < -0.39 is 40.3 Å². The number of aliphatic hydroxyl groups is 1. The first-order valence-electron chi connectivity index (χ1n) is 13.1. The third kappa shape index (κ3) is 3.27. The maximum Gasteiger partial charge on any atom is 0.223 e. The summed E-state index contributed by atoms with van der Waals surface area (Å²) in [5.74, 6) is -1.81. The smallest absolute Gasteiger partial charge is 0.223 e. The number of allylic oxidation sites excluding steroid dienone is 4. The second-order valence-corrected chi connectivity index (χ2v) is 13.3. The lowest BCUT2D eigenvalue weighted by atomic mass is 9.44. The predicted molar refractivity (Wildman–Crippen MR) is 142 cm³/mol. The highest BCUT2D eigenvalue weighted by molar-refractivity contribution is 8.13. The molecule has 9 atom stereocenters. The van der Waals surface area contributed by atoms with Gasteiger partial charge in [-0.2, -0.15) is 5.06 Å². The molecule has 0 spiro atoms. The van der Waals surface area contributed by atoms with Gasteiger partial charge in [-0.05, 0) is 73.8 Å². The summed E-state index contributed by atoms with van der Waals surface area (Å²) in [6, 6.07) is 7.43. The van der Waals surface area contributed by atoms with Crippen molar-refractivity contribution in [3.8, 4) is 0 Å². The molecule has 38 heavy (non-hydrogen) atoms. The van der Waals surface area contributed by atoms with Crippen LogP contribution in [0.2, 0.25) is 5.02 Å². The first kappa shape index (κ1) is 26.6. The van der Waals surface area contributed by atoms with Crippen LogP contribution < -0.4 is 0 Å². The second-order valence-electron chi connectivity index (χ2n) is 12.1. The van der Waals surface area contributed by atoms with E-state index >= 15 is 8.78 Å². The summed E-state index contributed by atoms with van der Waals surface area (Å²) in [7, 11) is 0. The molecule has 0 amide bonds. The molecule has 4 aliphatic carbocycles. The van der Waals surface area contributed by atoms with Crippen molar-refractivity contribution in [1.82, 2.24) is 5.06 Å². The highest BCUT2D eigenvalue weighted by Crippen LogP contribution is 2.73. The third-order valence-corrected chi connectivity index (χ3v) is 11.4. The number of hydroxylamine groups is 2. The van der Waals surface area contributed by atoms with Crippen molar-refractivity contribution in [3.63, 3.8) is 0 Å². The van der Waals surface area contributed by atoms with E-state index in [2.05, 4.69) is 0 Å². The van der Waals surface area contributed by atoms with Crippen LogP contribution in [0, 0.1) is 28.6 Å². The topological polar surface area (TPSA) is 66.8 Å². The molecule has 9 heteroatoms. The maximum atomic E-state index is 17.4. The number of fused-ring (bicyclic) bond motifs is 7. The molecule has 5 nitrogen and oxygen atoms in total. The Morgan fingerprint density at radius 1 is 1.24 bits per heavy atom. The third-order valence-electron chi connectivity index (χ3n) is 10.4. The van der Waals surface area contributed by atoms with E-state index in [0.29, 0.717) is 24.5 Å². The van der Waals surface area contributed by atoms with Gasteiger partial charge < -0.3 is 5.11 Å². The molecule has 204 valence electrons. The molecule has 1 heterocycles. The molecule has 1 aromatic carbocycles. The highest BCUT2D eigenvalue weighted by atomic mass is 35.5. The summed E-state index contributed by atoms with van der Waals surface area (Å²) < 4.78 is 33.2. The monoisotopic (exact) mass is 563 g/mol. The number of alkyl halides is 2. The van der Waals surface area contributed by atoms with Crippen LogP contribution in [-0.4, -0.2) is 57.4 Å². The largest absolute Gasteiger partial charge is 0.390 e. The first-order valence-corrected chi connectivity index (χ1v) is 14.7. The zero-order valence-electron chi connectivity index (χ0n) is 21.6. The minimum atomic E-state index is -2.17. The molecule has 0 unspecified atom stereocenters. The summed E-state index contributed by atoms with van der Waals surface area (Å²) in [5.41, 5.74) is -4.70.